The molecular weight excluding hydrogens is 332 g/mol. The summed E-state index contributed by atoms with van der Waals surface area (Å²) in [4.78, 5) is 11.5. The molecule has 1 amide bonds. The highest BCUT2D eigenvalue weighted by atomic mass is 79.9. The largest absolute Gasteiger partial charge is 0.493 e. The van der Waals surface area contributed by atoms with Crippen LogP contribution in [0.5, 0.6) is 5.75 Å². The normalized spacial score (nSPS) is 14.2. The van der Waals surface area contributed by atoms with Crippen molar-refractivity contribution >= 4 is 34.2 Å². The summed E-state index contributed by atoms with van der Waals surface area (Å²) in [6, 6.07) is 7.61. The van der Waals surface area contributed by atoms with Crippen LogP contribution in [-0.2, 0) is 4.79 Å². The Morgan fingerprint density at radius 1 is 1.47 bits per heavy atom. The Balaban J connectivity index is 0.00000180. The third kappa shape index (κ3) is 5.80. The second kappa shape index (κ2) is 8.40. The Hall–Kier alpha value is -0.780. The van der Waals surface area contributed by atoms with Gasteiger partial charge in [-0.1, -0.05) is 22.0 Å². The Kier molecular flexibility index (Phi) is 7.20. The van der Waals surface area contributed by atoms with Crippen LogP contribution >= 0.6 is 28.3 Å². The van der Waals surface area contributed by atoms with E-state index in [0.717, 1.165) is 29.9 Å². The number of carbonyl (C=O) groups excluding carboxylic acids is 1. The first-order valence-electron chi connectivity index (χ1n) is 6.10. The van der Waals surface area contributed by atoms with E-state index in [1.165, 1.54) is 0 Å². The van der Waals surface area contributed by atoms with Crippen LogP contribution in [0.2, 0.25) is 0 Å². The lowest BCUT2D eigenvalue weighted by Gasteiger charge is -2.27. The molecule has 0 radical (unpaired) electrons. The van der Waals surface area contributed by atoms with Gasteiger partial charge in [0.15, 0.2) is 0 Å². The van der Waals surface area contributed by atoms with Crippen molar-refractivity contribution in [3.8, 4) is 5.75 Å². The van der Waals surface area contributed by atoms with E-state index in [-0.39, 0.29) is 18.3 Å². The number of amides is 1. The van der Waals surface area contributed by atoms with E-state index in [1.54, 1.807) is 0 Å². The summed E-state index contributed by atoms with van der Waals surface area (Å²) >= 11 is 3.37. The van der Waals surface area contributed by atoms with Crippen LogP contribution in [-0.4, -0.2) is 32.1 Å². The molecule has 0 unspecified atom stereocenters. The summed E-state index contributed by atoms with van der Waals surface area (Å²) < 4.78 is 6.48. The van der Waals surface area contributed by atoms with Crippen molar-refractivity contribution in [2.45, 2.75) is 6.42 Å². The summed E-state index contributed by atoms with van der Waals surface area (Å²) in [5, 5.41) is 6.09. The highest BCUT2D eigenvalue weighted by Gasteiger charge is 2.16. The summed E-state index contributed by atoms with van der Waals surface area (Å²) in [6.07, 6.45) is 0.395. The van der Waals surface area contributed by atoms with E-state index in [0.29, 0.717) is 18.9 Å². The standard InChI is InChI=1S/C13H17BrN2O2.ClH/c14-11-2-1-3-12(6-11)18-5-4-13(17)16-9-10-7-15-8-10;/h1-3,6,10,15H,4-5,7-9H2,(H,16,17);1H. The average molecular weight is 350 g/mol. The number of ether oxygens (including phenoxy) is 1. The molecule has 4 nitrogen and oxygen atoms in total. The molecule has 6 heteroatoms. The highest BCUT2D eigenvalue weighted by molar-refractivity contribution is 9.10. The second-order valence-corrected chi connectivity index (χ2v) is 5.30. The molecule has 106 valence electrons. The van der Waals surface area contributed by atoms with Gasteiger partial charge in [-0.3, -0.25) is 4.79 Å². The van der Waals surface area contributed by atoms with Gasteiger partial charge in [0.25, 0.3) is 0 Å². The van der Waals surface area contributed by atoms with Gasteiger partial charge in [0, 0.05) is 30.0 Å². The smallest absolute Gasteiger partial charge is 0.223 e. The molecule has 1 aromatic rings. The summed E-state index contributed by atoms with van der Waals surface area (Å²) in [7, 11) is 0. The minimum Gasteiger partial charge on any atom is -0.493 e. The molecule has 1 saturated heterocycles. The van der Waals surface area contributed by atoms with Crippen LogP contribution in [0.3, 0.4) is 0 Å². The van der Waals surface area contributed by atoms with E-state index >= 15 is 0 Å². The van der Waals surface area contributed by atoms with E-state index in [4.69, 9.17) is 4.74 Å². The number of hydrogen-bond acceptors (Lipinski definition) is 3. The Bertz CT molecular complexity index is 413. The highest BCUT2D eigenvalue weighted by Crippen LogP contribution is 2.17. The molecule has 0 aliphatic carbocycles. The fourth-order valence-corrected chi connectivity index (χ4v) is 2.04. The molecule has 0 bridgehead atoms. The maximum Gasteiger partial charge on any atom is 0.223 e. The zero-order chi connectivity index (χ0) is 12.8. The summed E-state index contributed by atoms with van der Waals surface area (Å²) in [6.45, 7) is 3.19. The Morgan fingerprint density at radius 3 is 2.89 bits per heavy atom. The van der Waals surface area contributed by atoms with Crippen LogP contribution in [0.15, 0.2) is 28.7 Å². The second-order valence-electron chi connectivity index (χ2n) is 4.38. The number of nitrogens with one attached hydrogen (secondary N) is 2. The zero-order valence-electron chi connectivity index (χ0n) is 10.5. The van der Waals surface area contributed by atoms with Crippen molar-refractivity contribution in [3.63, 3.8) is 0 Å². The number of halogens is 2. The lowest BCUT2D eigenvalue weighted by molar-refractivity contribution is -0.121. The third-order valence-electron chi connectivity index (χ3n) is 2.85. The van der Waals surface area contributed by atoms with Crippen molar-refractivity contribution in [3.05, 3.63) is 28.7 Å². The summed E-state index contributed by atoms with van der Waals surface area (Å²) in [5.74, 6) is 1.43. The molecule has 0 saturated carbocycles. The molecule has 1 aliphatic heterocycles. The third-order valence-corrected chi connectivity index (χ3v) is 3.34. The van der Waals surface area contributed by atoms with Crippen molar-refractivity contribution < 1.29 is 9.53 Å². The van der Waals surface area contributed by atoms with Crippen LogP contribution in [0.1, 0.15) is 6.42 Å². The zero-order valence-corrected chi connectivity index (χ0v) is 12.9. The molecule has 2 rings (SSSR count). The average Bonchev–Trinajstić information content (AvgIpc) is 2.27. The molecule has 2 N–H and O–H groups in total. The SMILES string of the molecule is Cl.O=C(CCOc1cccc(Br)c1)NCC1CNC1. The lowest BCUT2D eigenvalue weighted by atomic mass is 10.0. The monoisotopic (exact) mass is 348 g/mol. The van der Waals surface area contributed by atoms with Crippen LogP contribution in [0, 0.1) is 5.92 Å². The lowest BCUT2D eigenvalue weighted by Crippen LogP contribution is -2.48. The van der Waals surface area contributed by atoms with E-state index in [2.05, 4.69) is 26.6 Å². The predicted molar refractivity (Wildman–Crippen MR) is 80.9 cm³/mol. The van der Waals surface area contributed by atoms with E-state index < -0.39 is 0 Å². The Morgan fingerprint density at radius 2 is 2.26 bits per heavy atom. The molecule has 0 atom stereocenters. The van der Waals surface area contributed by atoms with Crippen LogP contribution in [0.25, 0.3) is 0 Å². The number of rotatable bonds is 6. The van der Waals surface area contributed by atoms with Gasteiger partial charge >= 0.3 is 0 Å². The molecule has 0 aromatic heterocycles. The van der Waals surface area contributed by atoms with Gasteiger partial charge in [-0.15, -0.1) is 12.4 Å². The van der Waals surface area contributed by atoms with E-state index in [1.807, 2.05) is 24.3 Å². The Labute approximate surface area is 127 Å². The van der Waals surface area contributed by atoms with Crippen molar-refractivity contribution in [1.29, 1.82) is 0 Å². The molecule has 1 fully saturated rings. The van der Waals surface area contributed by atoms with Gasteiger partial charge in [0.05, 0.1) is 13.0 Å². The molecule has 1 heterocycles. The van der Waals surface area contributed by atoms with Gasteiger partial charge in [0.2, 0.25) is 5.91 Å². The molecule has 19 heavy (non-hydrogen) atoms. The fraction of sp³-hybridized carbons (Fsp3) is 0.462. The quantitative estimate of drug-likeness (QED) is 0.825. The first kappa shape index (κ1) is 16.3. The molecule has 0 spiro atoms. The minimum atomic E-state index is 0. The first-order chi connectivity index (χ1) is 8.74. The number of hydrogen-bond donors (Lipinski definition) is 2. The van der Waals surface area contributed by atoms with Gasteiger partial charge in [0.1, 0.15) is 5.75 Å². The van der Waals surface area contributed by atoms with Crippen molar-refractivity contribution in [2.75, 3.05) is 26.2 Å². The summed E-state index contributed by atoms with van der Waals surface area (Å²) in [5.41, 5.74) is 0. The van der Waals surface area contributed by atoms with E-state index in [9.17, 15) is 4.79 Å². The molecular formula is C13H18BrClN2O2. The van der Waals surface area contributed by atoms with Crippen LogP contribution in [0.4, 0.5) is 0 Å². The topological polar surface area (TPSA) is 50.4 Å². The predicted octanol–water partition coefficient (Wildman–Crippen LogP) is 1.98. The maximum atomic E-state index is 11.5. The van der Waals surface area contributed by atoms with Crippen molar-refractivity contribution in [2.24, 2.45) is 5.92 Å². The number of benzene rings is 1. The van der Waals surface area contributed by atoms with Crippen LogP contribution < -0.4 is 15.4 Å². The number of carbonyl (C=O) groups is 1. The molecule has 1 aliphatic rings. The molecule has 1 aromatic carbocycles. The van der Waals surface area contributed by atoms with Gasteiger partial charge in [-0.25, -0.2) is 0 Å². The minimum absolute atomic E-state index is 0. The first-order valence-corrected chi connectivity index (χ1v) is 6.89. The fourth-order valence-electron chi connectivity index (χ4n) is 1.66. The maximum absolute atomic E-state index is 11.5. The van der Waals surface area contributed by atoms with Crippen molar-refractivity contribution in [1.82, 2.24) is 10.6 Å². The van der Waals surface area contributed by atoms with Gasteiger partial charge in [-0.05, 0) is 18.2 Å². The van der Waals surface area contributed by atoms with Gasteiger partial charge in [-0.2, -0.15) is 0 Å². The van der Waals surface area contributed by atoms with Gasteiger partial charge < -0.3 is 15.4 Å².